The van der Waals surface area contributed by atoms with E-state index in [-0.39, 0.29) is 12.6 Å². The molecule has 0 spiro atoms. The third-order valence-electron chi connectivity index (χ3n) is 5.58. The number of fused-ring (bicyclic) bond motifs is 1. The van der Waals surface area contributed by atoms with Crippen molar-refractivity contribution in [3.05, 3.63) is 64.4 Å². The van der Waals surface area contributed by atoms with Crippen LogP contribution < -0.4 is 15.0 Å². The fourth-order valence-electron chi connectivity index (χ4n) is 3.81. The Hall–Kier alpha value is -3.87. The van der Waals surface area contributed by atoms with Gasteiger partial charge in [-0.3, -0.25) is 0 Å². The van der Waals surface area contributed by atoms with Crippen LogP contribution in [0.1, 0.15) is 23.2 Å². The maximum atomic E-state index is 13.0. The second kappa shape index (κ2) is 10.0. The van der Waals surface area contributed by atoms with Gasteiger partial charge < -0.3 is 15.0 Å². The molecule has 0 bridgehead atoms. The fourth-order valence-corrected chi connectivity index (χ4v) is 4.05. The second-order valence-corrected chi connectivity index (χ2v) is 8.40. The Bertz CT molecular complexity index is 1290. The van der Waals surface area contributed by atoms with Crippen LogP contribution in [0.15, 0.2) is 63.3 Å². The van der Waals surface area contributed by atoms with Gasteiger partial charge in [-0.15, -0.1) is 10.2 Å². The zero-order chi connectivity index (χ0) is 25.1. The maximum Gasteiger partial charge on any atom is 0.416 e. The van der Waals surface area contributed by atoms with Crippen LogP contribution in [0.4, 0.5) is 30.5 Å². The van der Waals surface area contributed by atoms with E-state index in [0.717, 1.165) is 17.7 Å². The Labute approximate surface area is 208 Å². The molecular weight excluding hydrogens is 499 g/mol. The molecule has 1 aromatic carbocycles. The van der Waals surface area contributed by atoms with E-state index in [1.54, 1.807) is 18.3 Å². The average molecular weight is 518 g/mol. The van der Waals surface area contributed by atoms with Crippen LogP contribution in [-0.2, 0) is 19.1 Å². The third kappa shape index (κ3) is 5.35. The number of halogens is 4. The molecule has 14 heteroatoms. The molecule has 0 aliphatic carbocycles. The minimum absolute atomic E-state index is 0.115. The van der Waals surface area contributed by atoms with Gasteiger partial charge in [0.25, 0.3) is 0 Å². The molecule has 4 heterocycles. The Kier molecular flexibility index (Phi) is 6.63. The predicted octanol–water partition coefficient (Wildman–Crippen LogP) is 5.78. The highest BCUT2D eigenvalue weighted by Crippen LogP contribution is 2.34. The van der Waals surface area contributed by atoms with E-state index in [2.05, 4.69) is 40.9 Å². The van der Waals surface area contributed by atoms with E-state index in [1.807, 2.05) is 4.90 Å². The van der Waals surface area contributed by atoms with Gasteiger partial charge >= 0.3 is 12.2 Å². The molecule has 10 nitrogen and oxygen atoms in total. The van der Waals surface area contributed by atoms with Crippen molar-refractivity contribution in [3.8, 4) is 6.01 Å². The van der Waals surface area contributed by atoms with Gasteiger partial charge in [-0.05, 0) is 53.3 Å². The number of aromatic nitrogens is 3. The minimum atomic E-state index is -4.41. The topological polar surface area (TPSA) is 113 Å². The van der Waals surface area contributed by atoms with Crippen molar-refractivity contribution in [2.45, 2.75) is 31.7 Å². The summed E-state index contributed by atoms with van der Waals surface area (Å²) in [6, 6.07) is 8.39. The normalized spacial score (nSPS) is 15.3. The fraction of sp³-hybridized carbons (Fsp3) is 0.318. The number of nitrogens with zero attached hydrogens (tertiary/aromatic N) is 8. The molecule has 3 aromatic rings. The van der Waals surface area contributed by atoms with Crippen LogP contribution in [-0.4, -0.2) is 34.3 Å². The predicted molar refractivity (Wildman–Crippen MR) is 124 cm³/mol. The molecule has 2 aliphatic heterocycles. The first-order valence-electron chi connectivity index (χ1n) is 11.0. The van der Waals surface area contributed by atoms with E-state index in [4.69, 9.17) is 16.3 Å². The number of anilines is 3. The molecule has 0 radical (unpaired) electrons. The summed E-state index contributed by atoms with van der Waals surface area (Å²) >= 11 is 6.34. The van der Waals surface area contributed by atoms with Crippen molar-refractivity contribution in [1.82, 2.24) is 15.0 Å². The van der Waals surface area contributed by atoms with E-state index in [0.29, 0.717) is 54.0 Å². The molecule has 0 saturated carbocycles. The summed E-state index contributed by atoms with van der Waals surface area (Å²) in [5.74, 6) is 1.10. The number of alkyl halides is 3. The lowest BCUT2D eigenvalue weighted by Crippen LogP contribution is -2.32. The van der Waals surface area contributed by atoms with Gasteiger partial charge in [0.2, 0.25) is 0 Å². The standard InChI is InChI=1S/C22H19ClF3N9O/c23-16-2-1-9-27-20(16)35-10-7-15-17(12-35)29-21(36-11-8-18-31-33-34-32-18)30-19(15)28-14-5-3-13(4-6-14)22(24,25)26/h1-6,9,18H,7-8,10-12H2,(H,28,29,30). The summed E-state index contributed by atoms with van der Waals surface area (Å²) in [6.07, 6.45) is -2.16. The smallest absolute Gasteiger partial charge is 0.416 e. The van der Waals surface area contributed by atoms with E-state index in [9.17, 15) is 13.2 Å². The Balaban J connectivity index is 1.41. The van der Waals surface area contributed by atoms with Crippen molar-refractivity contribution >= 4 is 28.9 Å². The molecule has 0 amide bonds. The van der Waals surface area contributed by atoms with E-state index < -0.39 is 17.9 Å². The van der Waals surface area contributed by atoms with Gasteiger partial charge in [0.1, 0.15) is 11.6 Å². The van der Waals surface area contributed by atoms with Crippen LogP contribution in [0, 0.1) is 0 Å². The summed E-state index contributed by atoms with van der Waals surface area (Å²) in [7, 11) is 0. The molecule has 0 unspecified atom stereocenters. The van der Waals surface area contributed by atoms with Crippen LogP contribution in [0.25, 0.3) is 0 Å². The Morgan fingerprint density at radius 1 is 1.08 bits per heavy atom. The summed E-state index contributed by atoms with van der Waals surface area (Å²) < 4.78 is 44.6. The average Bonchev–Trinajstić information content (AvgIpc) is 3.37. The lowest BCUT2D eigenvalue weighted by Gasteiger charge is -2.30. The van der Waals surface area contributed by atoms with Crippen LogP contribution >= 0.6 is 11.6 Å². The minimum Gasteiger partial charge on any atom is -0.463 e. The number of nitrogens with one attached hydrogen (secondary N) is 1. The lowest BCUT2D eigenvalue weighted by molar-refractivity contribution is -0.137. The molecule has 0 saturated heterocycles. The first kappa shape index (κ1) is 23.9. The Morgan fingerprint density at radius 3 is 2.58 bits per heavy atom. The number of hydrogen-bond donors (Lipinski definition) is 1. The van der Waals surface area contributed by atoms with Gasteiger partial charge in [0.05, 0.1) is 29.4 Å². The van der Waals surface area contributed by atoms with Crippen molar-refractivity contribution in [1.29, 1.82) is 0 Å². The van der Waals surface area contributed by atoms with Gasteiger partial charge in [-0.2, -0.15) is 23.1 Å². The van der Waals surface area contributed by atoms with Gasteiger partial charge in [0, 0.05) is 30.4 Å². The summed E-state index contributed by atoms with van der Waals surface area (Å²) in [4.78, 5) is 15.5. The highest BCUT2D eigenvalue weighted by Gasteiger charge is 2.30. The molecule has 1 N–H and O–H groups in total. The third-order valence-corrected chi connectivity index (χ3v) is 5.87. The monoisotopic (exact) mass is 517 g/mol. The molecule has 36 heavy (non-hydrogen) atoms. The highest BCUT2D eigenvalue weighted by molar-refractivity contribution is 6.32. The van der Waals surface area contributed by atoms with Crippen LogP contribution in [0.3, 0.4) is 0 Å². The summed E-state index contributed by atoms with van der Waals surface area (Å²) in [5, 5.41) is 18.3. The van der Waals surface area contributed by atoms with Crippen LogP contribution in [0.5, 0.6) is 6.01 Å². The molecule has 0 fully saturated rings. The number of benzene rings is 1. The van der Waals surface area contributed by atoms with Crippen LogP contribution in [0.2, 0.25) is 5.02 Å². The molecule has 2 aromatic heterocycles. The highest BCUT2D eigenvalue weighted by atomic mass is 35.5. The van der Waals surface area contributed by atoms with Gasteiger partial charge in [-0.1, -0.05) is 11.6 Å². The lowest BCUT2D eigenvalue weighted by atomic mass is 10.1. The van der Waals surface area contributed by atoms with Crippen molar-refractivity contribution in [2.75, 3.05) is 23.4 Å². The van der Waals surface area contributed by atoms with Gasteiger partial charge in [0.15, 0.2) is 6.17 Å². The summed E-state index contributed by atoms with van der Waals surface area (Å²) in [6.45, 7) is 1.22. The first-order chi connectivity index (χ1) is 17.4. The molecule has 2 aliphatic rings. The molecular formula is C22H19ClF3N9O. The molecule has 5 rings (SSSR count). The maximum absolute atomic E-state index is 13.0. The number of rotatable bonds is 7. The Morgan fingerprint density at radius 2 is 1.86 bits per heavy atom. The quantitative estimate of drug-likeness (QED) is 0.425. The van der Waals surface area contributed by atoms with Gasteiger partial charge in [-0.25, -0.2) is 4.98 Å². The van der Waals surface area contributed by atoms with Crippen molar-refractivity contribution in [3.63, 3.8) is 0 Å². The zero-order valence-corrected chi connectivity index (χ0v) is 19.4. The molecule has 186 valence electrons. The largest absolute Gasteiger partial charge is 0.463 e. The number of ether oxygens (including phenoxy) is 1. The first-order valence-corrected chi connectivity index (χ1v) is 11.4. The van der Waals surface area contributed by atoms with E-state index >= 15 is 0 Å². The summed E-state index contributed by atoms with van der Waals surface area (Å²) in [5.41, 5.74) is 1.26. The SMILES string of the molecule is FC(F)(F)c1ccc(Nc2nc(OCCC3N=NN=N3)nc3c2CCN(c2ncccc2Cl)C3)cc1. The van der Waals surface area contributed by atoms with Crippen molar-refractivity contribution in [2.24, 2.45) is 20.7 Å². The number of pyridine rings is 1. The molecule has 0 atom stereocenters. The van der Waals surface area contributed by atoms with E-state index in [1.165, 1.54) is 12.1 Å². The zero-order valence-electron chi connectivity index (χ0n) is 18.7. The van der Waals surface area contributed by atoms with Crippen molar-refractivity contribution < 1.29 is 17.9 Å². The second-order valence-electron chi connectivity index (χ2n) is 7.99. The number of hydrogen-bond acceptors (Lipinski definition) is 10.